The largest absolute Gasteiger partial charge is 0.408 e. The van der Waals surface area contributed by atoms with Gasteiger partial charge in [0.05, 0.1) is 19.1 Å². The van der Waals surface area contributed by atoms with Gasteiger partial charge in [0.25, 0.3) is 0 Å². The molecule has 0 amide bonds. The van der Waals surface area contributed by atoms with E-state index in [4.69, 9.17) is 14.4 Å². The van der Waals surface area contributed by atoms with Crippen molar-refractivity contribution >= 4 is 14.1 Å². The minimum absolute atomic E-state index is 0.0713. The number of nitrogens with zero attached hydrogens (tertiary/aromatic N) is 1. The lowest BCUT2D eigenvalue weighted by atomic mass is 10.1. The van der Waals surface area contributed by atoms with Gasteiger partial charge in [-0.05, 0) is 18.1 Å². The predicted molar refractivity (Wildman–Crippen MR) is 71.9 cm³/mol. The van der Waals surface area contributed by atoms with Crippen LogP contribution in [0.1, 0.15) is 27.2 Å². The molecule has 1 fully saturated rings. The Morgan fingerprint density at radius 3 is 2.58 bits per heavy atom. The van der Waals surface area contributed by atoms with Crippen molar-refractivity contribution in [3.63, 3.8) is 0 Å². The summed E-state index contributed by atoms with van der Waals surface area (Å²) in [5.74, 6) is -0.397. The molecule has 0 aromatic heterocycles. The van der Waals surface area contributed by atoms with E-state index in [1.807, 2.05) is 33.9 Å². The van der Waals surface area contributed by atoms with Crippen molar-refractivity contribution in [2.24, 2.45) is 0 Å². The molecule has 0 unspecified atom stereocenters. The summed E-state index contributed by atoms with van der Waals surface area (Å²) in [6, 6.07) is 1.78. The minimum Gasteiger partial charge on any atom is -0.408 e. The highest BCUT2D eigenvalue weighted by Crippen LogP contribution is 2.39. The first-order valence-corrected chi connectivity index (χ1v) is 9.34. The number of hydrogen-bond donors (Lipinski definition) is 0. The van der Waals surface area contributed by atoms with Gasteiger partial charge in [0, 0.05) is 0 Å². The zero-order chi connectivity index (χ0) is 14.8. The Balaban J connectivity index is 2.85. The zero-order valence-corrected chi connectivity index (χ0v) is 13.2. The summed E-state index contributed by atoms with van der Waals surface area (Å²) in [5, 5.41) is 8.49. The molecular weight excluding hydrogens is 265 g/mol. The van der Waals surface area contributed by atoms with Crippen molar-refractivity contribution in [2.45, 2.75) is 63.7 Å². The summed E-state index contributed by atoms with van der Waals surface area (Å²) >= 11 is 0. The van der Waals surface area contributed by atoms with E-state index >= 15 is 0 Å². The van der Waals surface area contributed by atoms with Crippen LogP contribution in [-0.4, -0.2) is 39.1 Å². The van der Waals surface area contributed by atoms with E-state index in [1.165, 1.54) is 0 Å². The molecule has 0 N–H and O–H groups in total. The number of carbonyl (C=O) groups is 1. The SMILES string of the molecule is CC(C)(C)[Si](C)(C)O[C@@H]1[C@@H](F)CO[C@H]1C(=O)CC#N. The van der Waals surface area contributed by atoms with Crippen LogP contribution in [0.25, 0.3) is 0 Å². The molecule has 108 valence electrons. The average molecular weight is 287 g/mol. The number of rotatable bonds is 4. The molecule has 1 rings (SSSR count). The summed E-state index contributed by atoms with van der Waals surface area (Å²) < 4.78 is 25.0. The van der Waals surface area contributed by atoms with Gasteiger partial charge in [0.2, 0.25) is 0 Å². The number of ketones is 1. The van der Waals surface area contributed by atoms with Gasteiger partial charge >= 0.3 is 0 Å². The number of Topliss-reactive ketones (excluding diaryl/α,β-unsaturated/α-hetero) is 1. The number of hydrogen-bond acceptors (Lipinski definition) is 4. The summed E-state index contributed by atoms with van der Waals surface area (Å²) in [4.78, 5) is 11.8. The van der Waals surface area contributed by atoms with Gasteiger partial charge in [-0.1, -0.05) is 20.8 Å². The molecule has 0 aliphatic carbocycles. The van der Waals surface area contributed by atoms with Crippen LogP contribution in [0, 0.1) is 11.3 Å². The lowest BCUT2D eigenvalue weighted by molar-refractivity contribution is -0.130. The number of ether oxygens (including phenoxy) is 1. The van der Waals surface area contributed by atoms with E-state index in [0.29, 0.717) is 0 Å². The summed E-state index contributed by atoms with van der Waals surface area (Å²) in [7, 11) is -2.18. The second-order valence-corrected chi connectivity index (χ2v) is 11.2. The van der Waals surface area contributed by atoms with Crippen molar-refractivity contribution in [3.05, 3.63) is 0 Å². The van der Waals surface area contributed by atoms with Gasteiger partial charge in [-0.2, -0.15) is 5.26 Å². The maximum atomic E-state index is 13.9. The normalized spacial score (nSPS) is 28.2. The molecule has 0 aromatic carbocycles. The van der Waals surface area contributed by atoms with Gasteiger partial charge in [-0.25, -0.2) is 4.39 Å². The third kappa shape index (κ3) is 3.62. The Hall–Kier alpha value is -0.773. The number of halogens is 1. The Morgan fingerprint density at radius 1 is 1.53 bits per heavy atom. The number of alkyl halides is 1. The average Bonchev–Trinajstić information content (AvgIpc) is 2.59. The Bertz CT molecular complexity index is 386. The smallest absolute Gasteiger partial charge is 0.192 e. The van der Waals surface area contributed by atoms with Gasteiger partial charge in [-0.3, -0.25) is 4.79 Å². The molecule has 1 heterocycles. The molecule has 0 bridgehead atoms. The zero-order valence-electron chi connectivity index (χ0n) is 12.2. The van der Waals surface area contributed by atoms with Crippen LogP contribution in [0.2, 0.25) is 18.1 Å². The molecule has 1 aliphatic rings. The topological polar surface area (TPSA) is 59.3 Å². The van der Waals surface area contributed by atoms with E-state index in [2.05, 4.69) is 0 Å². The quantitative estimate of drug-likeness (QED) is 0.746. The van der Waals surface area contributed by atoms with Gasteiger partial charge < -0.3 is 9.16 Å². The van der Waals surface area contributed by atoms with Gasteiger partial charge in [0.15, 0.2) is 20.3 Å². The molecule has 4 nitrogen and oxygen atoms in total. The molecule has 19 heavy (non-hydrogen) atoms. The van der Waals surface area contributed by atoms with E-state index in [9.17, 15) is 9.18 Å². The highest BCUT2D eigenvalue weighted by atomic mass is 28.4. The third-order valence-corrected chi connectivity index (χ3v) is 8.37. The molecule has 0 radical (unpaired) electrons. The van der Waals surface area contributed by atoms with Crippen molar-refractivity contribution in [1.29, 1.82) is 5.26 Å². The Morgan fingerprint density at radius 2 is 2.11 bits per heavy atom. The fourth-order valence-electron chi connectivity index (χ4n) is 1.68. The first kappa shape index (κ1) is 16.3. The van der Waals surface area contributed by atoms with E-state index in [-0.39, 0.29) is 18.1 Å². The van der Waals surface area contributed by atoms with Crippen LogP contribution in [0.5, 0.6) is 0 Å². The molecule has 6 heteroatoms. The number of carbonyl (C=O) groups excluding carboxylic acids is 1. The van der Waals surface area contributed by atoms with Crippen LogP contribution in [-0.2, 0) is 14.0 Å². The van der Waals surface area contributed by atoms with Gasteiger partial charge in [-0.15, -0.1) is 0 Å². The van der Waals surface area contributed by atoms with Gasteiger partial charge in [0.1, 0.15) is 12.2 Å². The second kappa shape index (κ2) is 5.69. The predicted octanol–water partition coefficient (Wildman–Crippen LogP) is 2.60. The first-order valence-electron chi connectivity index (χ1n) is 6.43. The van der Waals surface area contributed by atoms with E-state index < -0.39 is 32.5 Å². The minimum atomic E-state index is -2.18. The highest BCUT2D eigenvalue weighted by Gasteiger charge is 2.48. The highest BCUT2D eigenvalue weighted by molar-refractivity contribution is 6.74. The van der Waals surface area contributed by atoms with Crippen LogP contribution >= 0.6 is 0 Å². The molecule has 1 saturated heterocycles. The molecule has 1 aliphatic heterocycles. The maximum Gasteiger partial charge on any atom is 0.192 e. The summed E-state index contributed by atoms with van der Waals surface area (Å²) in [6.07, 6.45) is -3.39. The number of nitriles is 1. The fraction of sp³-hybridized carbons (Fsp3) is 0.846. The summed E-state index contributed by atoms with van der Waals surface area (Å²) in [6.45, 7) is 10.0. The van der Waals surface area contributed by atoms with Crippen LogP contribution < -0.4 is 0 Å². The molecule has 0 saturated carbocycles. The standard InChI is InChI=1S/C13H22FNO3Si/c1-13(2,3)19(4,5)18-11-9(14)8-17-12(11)10(16)6-7-15/h9,11-12H,6,8H2,1-5H3/t9-,11+,12-/m0/s1. The van der Waals surface area contributed by atoms with E-state index in [1.54, 1.807) is 6.07 Å². The van der Waals surface area contributed by atoms with Crippen molar-refractivity contribution in [3.8, 4) is 6.07 Å². The Kier molecular flexibility index (Phi) is 4.88. The molecule has 0 spiro atoms. The molecule has 3 atom stereocenters. The fourth-order valence-corrected chi connectivity index (χ4v) is 2.99. The lowest BCUT2D eigenvalue weighted by Crippen LogP contribution is -2.49. The Labute approximate surface area is 115 Å². The molecule has 0 aromatic rings. The van der Waals surface area contributed by atoms with Crippen LogP contribution in [0.15, 0.2) is 0 Å². The third-order valence-electron chi connectivity index (χ3n) is 3.90. The monoisotopic (exact) mass is 287 g/mol. The summed E-state index contributed by atoms with van der Waals surface area (Å²) in [5.41, 5.74) is 0. The van der Waals surface area contributed by atoms with Crippen LogP contribution in [0.3, 0.4) is 0 Å². The van der Waals surface area contributed by atoms with Crippen molar-refractivity contribution in [1.82, 2.24) is 0 Å². The van der Waals surface area contributed by atoms with Crippen LogP contribution in [0.4, 0.5) is 4.39 Å². The lowest BCUT2D eigenvalue weighted by Gasteiger charge is -2.39. The van der Waals surface area contributed by atoms with E-state index in [0.717, 1.165) is 0 Å². The maximum absolute atomic E-state index is 13.9. The first-order chi connectivity index (χ1) is 8.60. The van der Waals surface area contributed by atoms with Crippen molar-refractivity contribution < 1.29 is 18.3 Å². The second-order valence-electron chi connectivity index (χ2n) is 6.41. The van der Waals surface area contributed by atoms with Crippen molar-refractivity contribution in [2.75, 3.05) is 6.61 Å². The molecular formula is C13H22FNO3Si.